The van der Waals surface area contributed by atoms with Crippen molar-refractivity contribution in [3.63, 3.8) is 0 Å². The van der Waals surface area contributed by atoms with Gasteiger partial charge in [-0.3, -0.25) is 4.90 Å². The zero-order valence-corrected chi connectivity index (χ0v) is 15.8. The van der Waals surface area contributed by atoms with Crippen LogP contribution >= 0.6 is 22.6 Å². The molecule has 3 fully saturated rings. The molecule has 0 spiro atoms. The van der Waals surface area contributed by atoms with Gasteiger partial charge in [-0.2, -0.15) is 0 Å². The standard InChI is InChI=1S/C17H32IN3/c1-19-8-6-17(7-9-19)21-12-10-20(11-13-21)14-15-2-4-16(18)5-3-15/h15-17H,2-14H2,1H3. The van der Waals surface area contributed by atoms with E-state index in [1.807, 2.05) is 0 Å². The molecule has 1 aliphatic carbocycles. The first kappa shape index (κ1) is 16.5. The highest BCUT2D eigenvalue weighted by molar-refractivity contribution is 14.1. The molecule has 0 aromatic carbocycles. The van der Waals surface area contributed by atoms with Crippen molar-refractivity contribution in [3.05, 3.63) is 0 Å². The van der Waals surface area contributed by atoms with Crippen LogP contribution in [0.3, 0.4) is 0 Å². The minimum atomic E-state index is 0.873. The third-order valence-corrected chi connectivity index (χ3v) is 7.15. The number of piperazine rings is 1. The molecule has 0 aromatic rings. The minimum Gasteiger partial charge on any atom is -0.306 e. The van der Waals surface area contributed by atoms with Gasteiger partial charge in [0, 0.05) is 42.7 Å². The van der Waals surface area contributed by atoms with E-state index < -0.39 is 0 Å². The van der Waals surface area contributed by atoms with Gasteiger partial charge in [0.05, 0.1) is 0 Å². The fourth-order valence-corrected chi connectivity index (χ4v) is 5.06. The highest BCUT2D eigenvalue weighted by atomic mass is 127. The number of piperidine rings is 1. The number of rotatable bonds is 3. The van der Waals surface area contributed by atoms with Crippen LogP contribution in [-0.2, 0) is 0 Å². The second kappa shape index (κ2) is 7.93. The predicted molar refractivity (Wildman–Crippen MR) is 98.3 cm³/mol. The van der Waals surface area contributed by atoms with Crippen molar-refractivity contribution in [1.29, 1.82) is 0 Å². The van der Waals surface area contributed by atoms with Gasteiger partial charge >= 0.3 is 0 Å². The van der Waals surface area contributed by atoms with Crippen LogP contribution in [0.1, 0.15) is 38.5 Å². The molecule has 122 valence electrons. The lowest BCUT2D eigenvalue weighted by Crippen LogP contribution is -2.53. The number of alkyl halides is 1. The Labute approximate surface area is 144 Å². The lowest BCUT2D eigenvalue weighted by Gasteiger charge is -2.43. The van der Waals surface area contributed by atoms with E-state index in [-0.39, 0.29) is 0 Å². The maximum absolute atomic E-state index is 2.78. The van der Waals surface area contributed by atoms with Gasteiger partial charge in [0.1, 0.15) is 0 Å². The summed E-state index contributed by atoms with van der Waals surface area (Å²) < 4.78 is 0.958. The molecule has 4 heteroatoms. The van der Waals surface area contributed by atoms with Gasteiger partial charge in [0.15, 0.2) is 0 Å². The van der Waals surface area contributed by atoms with E-state index in [4.69, 9.17) is 0 Å². The molecule has 3 nitrogen and oxygen atoms in total. The molecule has 0 unspecified atom stereocenters. The van der Waals surface area contributed by atoms with Crippen molar-refractivity contribution in [2.75, 3.05) is 52.9 Å². The second-order valence-electron chi connectivity index (χ2n) is 7.49. The minimum absolute atomic E-state index is 0.873. The molecule has 0 aromatic heterocycles. The zero-order valence-electron chi connectivity index (χ0n) is 13.6. The van der Waals surface area contributed by atoms with Crippen molar-refractivity contribution < 1.29 is 0 Å². The molecule has 2 heterocycles. The van der Waals surface area contributed by atoms with Crippen LogP contribution in [0.2, 0.25) is 0 Å². The molecule has 3 aliphatic rings. The van der Waals surface area contributed by atoms with Gasteiger partial charge < -0.3 is 9.80 Å². The van der Waals surface area contributed by atoms with Crippen LogP contribution in [-0.4, -0.2) is 77.5 Å². The molecule has 0 amide bonds. The van der Waals surface area contributed by atoms with Crippen LogP contribution < -0.4 is 0 Å². The fourth-order valence-electron chi connectivity index (χ4n) is 4.34. The van der Waals surface area contributed by atoms with Crippen molar-refractivity contribution in [3.8, 4) is 0 Å². The summed E-state index contributed by atoms with van der Waals surface area (Å²) in [6.07, 6.45) is 8.64. The van der Waals surface area contributed by atoms with Crippen molar-refractivity contribution in [2.45, 2.75) is 48.5 Å². The summed E-state index contributed by atoms with van der Waals surface area (Å²) in [4.78, 5) is 8.02. The number of likely N-dealkylation sites (tertiary alicyclic amines) is 1. The Morgan fingerprint density at radius 1 is 0.810 bits per heavy atom. The average molecular weight is 405 g/mol. The van der Waals surface area contributed by atoms with E-state index in [1.54, 1.807) is 0 Å². The number of nitrogens with zero attached hydrogens (tertiary/aromatic N) is 3. The monoisotopic (exact) mass is 405 g/mol. The van der Waals surface area contributed by atoms with Crippen molar-refractivity contribution in [1.82, 2.24) is 14.7 Å². The Hall–Kier alpha value is 0.610. The highest BCUT2D eigenvalue weighted by Crippen LogP contribution is 2.29. The maximum atomic E-state index is 2.78. The summed E-state index contributed by atoms with van der Waals surface area (Å²) in [5.74, 6) is 0.992. The summed E-state index contributed by atoms with van der Waals surface area (Å²) in [6.45, 7) is 9.23. The molecular formula is C17H32IN3. The third-order valence-electron chi connectivity index (χ3n) is 5.90. The number of halogens is 1. The van der Waals surface area contributed by atoms with Gasteiger partial charge in [0.2, 0.25) is 0 Å². The molecule has 0 N–H and O–H groups in total. The van der Waals surface area contributed by atoms with E-state index in [0.29, 0.717) is 0 Å². The Balaban J connectivity index is 1.37. The summed E-state index contributed by atoms with van der Waals surface area (Å²) in [5, 5.41) is 0. The first-order valence-electron chi connectivity index (χ1n) is 8.99. The number of hydrogen-bond donors (Lipinski definition) is 0. The predicted octanol–water partition coefficient (Wildman–Crippen LogP) is 2.69. The van der Waals surface area contributed by atoms with Crippen LogP contribution in [0.4, 0.5) is 0 Å². The maximum Gasteiger partial charge on any atom is 0.0121 e. The lowest BCUT2D eigenvalue weighted by atomic mass is 9.88. The van der Waals surface area contributed by atoms with Crippen LogP contribution in [0.5, 0.6) is 0 Å². The molecule has 0 atom stereocenters. The van der Waals surface area contributed by atoms with Gasteiger partial charge in [-0.25, -0.2) is 0 Å². The summed E-state index contributed by atoms with van der Waals surface area (Å²) in [6, 6.07) is 0.873. The van der Waals surface area contributed by atoms with E-state index in [0.717, 1.165) is 15.9 Å². The first-order valence-corrected chi connectivity index (χ1v) is 10.2. The van der Waals surface area contributed by atoms with E-state index in [1.165, 1.54) is 84.3 Å². The van der Waals surface area contributed by atoms with Crippen molar-refractivity contribution in [2.24, 2.45) is 5.92 Å². The molecule has 2 aliphatic heterocycles. The third kappa shape index (κ3) is 4.79. The van der Waals surface area contributed by atoms with Gasteiger partial charge in [-0.05, 0) is 64.6 Å². The van der Waals surface area contributed by atoms with Crippen LogP contribution in [0, 0.1) is 5.92 Å². The van der Waals surface area contributed by atoms with E-state index in [9.17, 15) is 0 Å². The molecule has 0 bridgehead atoms. The molecule has 0 radical (unpaired) electrons. The van der Waals surface area contributed by atoms with Gasteiger partial charge in [0.25, 0.3) is 0 Å². The highest BCUT2D eigenvalue weighted by Gasteiger charge is 2.28. The molecule has 2 saturated heterocycles. The Morgan fingerprint density at radius 3 is 2.05 bits per heavy atom. The largest absolute Gasteiger partial charge is 0.306 e. The Bertz CT molecular complexity index is 301. The number of hydrogen-bond acceptors (Lipinski definition) is 3. The van der Waals surface area contributed by atoms with E-state index >= 15 is 0 Å². The zero-order chi connectivity index (χ0) is 14.7. The summed E-state index contributed by atoms with van der Waals surface area (Å²) >= 11 is 2.64. The second-order valence-corrected chi connectivity index (χ2v) is 9.25. The summed E-state index contributed by atoms with van der Waals surface area (Å²) in [5.41, 5.74) is 0. The smallest absolute Gasteiger partial charge is 0.0121 e. The fraction of sp³-hybridized carbons (Fsp3) is 1.00. The summed E-state index contributed by atoms with van der Waals surface area (Å²) in [7, 11) is 2.26. The average Bonchev–Trinajstić information content (AvgIpc) is 2.51. The Kier molecular flexibility index (Phi) is 6.22. The van der Waals surface area contributed by atoms with E-state index in [2.05, 4.69) is 44.3 Å². The van der Waals surface area contributed by atoms with Crippen LogP contribution in [0.25, 0.3) is 0 Å². The normalized spacial score (nSPS) is 35.1. The topological polar surface area (TPSA) is 9.72 Å². The lowest BCUT2D eigenvalue weighted by molar-refractivity contribution is 0.0558. The molecule has 3 rings (SSSR count). The SMILES string of the molecule is CN1CCC(N2CCN(CC3CCC(I)CC3)CC2)CC1. The molecular weight excluding hydrogens is 373 g/mol. The molecule has 21 heavy (non-hydrogen) atoms. The van der Waals surface area contributed by atoms with Crippen molar-refractivity contribution >= 4 is 22.6 Å². The quantitative estimate of drug-likeness (QED) is 0.528. The van der Waals surface area contributed by atoms with Crippen LogP contribution in [0.15, 0.2) is 0 Å². The first-order chi connectivity index (χ1) is 10.2. The molecule has 1 saturated carbocycles. The van der Waals surface area contributed by atoms with Gasteiger partial charge in [-0.1, -0.05) is 22.6 Å². The van der Waals surface area contributed by atoms with Gasteiger partial charge in [-0.15, -0.1) is 0 Å². The Morgan fingerprint density at radius 2 is 1.43 bits per heavy atom.